The molecule has 0 aromatic heterocycles. The van der Waals surface area contributed by atoms with Gasteiger partial charge in [-0.15, -0.1) is 0 Å². The minimum Gasteiger partial charge on any atom is -0.495 e. The Labute approximate surface area is 283 Å². The lowest BCUT2D eigenvalue weighted by Gasteiger charge is -2.34. The molecule has 3 aromatic carbocycles. The summed E-state index contributed by atoms with van der Waals surface area (Å²) in [7, 11) is -0.173. The minimum atomic E-state index is -4.43. The number of halogens is 1. The molecular weight excluding hydrogens is 642 g/mol. The lowest BCUT2D eigenvalue weighted by atomic mass is 9.95. The standard InChI is InChI=1S/C35H44ClN3O7S/c1-6-29(35(41)37-27-10-8-7-9-11-27)38(22-25-14-12-24(2)13-15-25)34(40)23-39(30-20-26(36)16-18-31(30)44-3)47(42,43)28-17-19-32(45-4)33(21-28)46-5/h12-21,27,29H,6-11,22-23H2,1-5H3,(H,37,41)/t29-/m0/s1. The van der Waals surface area contributed by atoms with Crippen LogP contribution in [-0.4, -0.2) is 65.1 Å². The van der Waals surface area contributed by atoms with Crippen LogP contribution in [0.15, 0.2) is 65.6 Å². The van der Waals surface area contributed by atoms with Crippen molar-refractivity contribution < 1.29 is 32.2 Å². The van der Waals surface area contributed by atoms with Gasteiger partial charge in [0, 0.05) is 23.7 Å². The Kier molecular flexibility index (Phi) is 12.4. The number of nitrogens with one attached hydrogen (secondary N) is 1. The molecule has 12 heteroatoms. The van der Waals surface area contributed by atoms with E-state index in [0.29, 0.717) is 12.2 Å². The van der Waals surface area contributed by atoms with Crippen LogP contribution in [-0.2, 0) is 26.2 Å². The van der Waals surface area contributed by atoms with E-state index in [4.69, 9.17) is 25.8 Å². The van der Waals surface area contributed by atoms with Crippen molar-refractivity contribution in [3.63, 3.8) is 0 Å². The summed E-state index contributed by atoms with van der Waals surface area (Å²) in [4.78, 5) is 29.6. The van der Waals surface area contributed by atoms with E-state index in [0.717, 1.165) is 47.5 Å². The molecular formula is C35H44ClN3O7S. The molecule has 0 bridgehead atoms. The van der Waals surface area contributed by atoms with Crippen molar-refractivity contribution in [2.24, 2.45) is 0 Å². The zero-order chi connectivity index (χ0) is 34.1. The number of sulfonamides is 1. The Hall–Kier alpha value is -3.96. The first-order valence-corrected chi connectivity index (χ1v) is 17.6. The maximum atomic E-state index is 14.5. The third kappa shape index (κ3) is 8.70. The van der Waals surface area contributed by atoms with Gasteiger partial charge in [-0.1, -0.05) is 67.6 Å². The fourth-order valence-electron chi connectivity index (χ4n) is 5.83. The highest BCUT2D eigenvalue weighted by Gasteiger charge is 2.36. The molecule has 0 spiro atoms. The van der Waals surface area contributed by atoms with E-state index < -0.39 is 28.5 Å². The SMILES string of the molecule is CC[C@@H](C(=O)NC1CCCCC1)N(Cc1ccc(C)cc1)C(=O)CN(c1cc(Cl)ccc1OC)S(=O)(=O)c1ccc(OC)c(OC)c1. The monoisotopic (exact) mass is 685 g/mol. The molecule has 2 amide bonds. The molecule has 0 unspecified atom stereocenters. The summed E-state index contributed by atoms with van der Waals surface area (Å²) in [6.07, 6.45) is 5.33. The van der Waals surface area contributed by atoms with Crippen molar-refractivity contribution >= 4 is 39.1 Å². The van der Waals surface area contributed by atoms with Gasteiger partial charge in [-0.25, -0.2) is 8.42 Å². The van der Waals surface area contributed by atoms with E-state index in [1.165, 1.54) is 56.6 Å². The first-order valence-electron chi connectivity index (χ1n) is 15.8. The van der Waals surface area contributed by atoms with Crippen LogP contribution in [0.5, 0.6) is 17.2 Å². The van der Waals surface area contributed by atoms with Crippen LogP contribution < -0.4 is 23.8 Å². The van der Waals surface area contributed by atoms with Gasteiger partial charge in [-0.3, -0.25) is 13.9 Å². The molecule has 0 aliphatic heterocycles. The summed E-state index contributed by atoms with van der Waals surface area (Å²) in [5.41, 5.74) is 1.93. The molecule has 1 saturated carbocycles. The van der Waals surface area contributed by atoms with Gasteiger partial charge >= 0.3 is 0 Å². The van der Waals surface area contributed by atoms with Gasteiger partial charge in [0.25, 0.3) is 10.0 Å². The van der Waals surface area contributed by atoms with E-state index in [-0.39, 0.29) is 45.6 Å². The van der Waals surface area contributed by atoms with Crippen molar-refractivity contribution in [1.29, 1.82) is 0 Å². The van der Waals surface area contributed by atoms with Gasteiger partial charge in [0.1, 0.15) is 18.3 Å². The second kappa shape index (κ2) is 16.2. The van der Waals surface area contributed by atoms with Crippen molar-refractivity contribution in [3.8, 4) is 17.2 Å². The fourth-order valence-corrected chi connectivity index (χ4v) is 7.43. The van der Waals surface area contributed by atoms with Crippen LogP contribution in [0.3, 0.4) is 0 Å². The summed E-state index contributed by atoms with van der Waals surface area (Å²) in [5, 5.41) is 3.41. The topological polar surface area (TPSA) is 114 Å². The molecule has 4 rings (SSSR count). The number of carbonyl (C=O) groups excluding carboxylic acids is 2. The molecule has 1 fully saturated rings. The highest BCUT2D eigenvalue weighted by Crippen LogP contribution is 2.37. The summed E-state index contributed by atoms with van der Waals surface area (Å²) in [6, 6.07) is 15.6. The smallest absolute Gasteiger partial charge is 0.265 e. The average molecular weight is 686 g/mol. The van der Waals surface area contributed by atoms with Gasteiger partial charge in [0.15, 0.2) is 11.5 Å². The Morgan fingerprint density at radius 3 is 2.15 bits per heavy atom. The fraction of sp³-hybridized carbons (Fsp3) is 0.429. The summed E-state index contributed by atoms with van der Waals surface area (Å²) in [5.74, 6) is -0.0898. The highest BCUT2D eigenvalue weighted by molar-refractivity contribution is 7.92. The molecule has 47 heavy (non-hydrogen) atoms. The van der Waals surface area contributed by atoms with Crippen LogP contribution in [0.1, 0.15) is 56.6 Å². The zero-order valence-electron chi connectivity index (χ0n) is 27.6. The molecule has 0 saturated heterocycles. The minimum absolute atomic E-state index is 0.0410. The largest absolute Gasteiger partial charge is 0.495 e. The maximum absolute atomic E-state index is 14.5. The van der Waals surface area contributed by atoms with E-state index in [2.05, 4.69) is 5.32 Å². The Morgan fingerprint density at radius 2 is 1.53 bits per heavy atom. The summed E-state index contributed by atoms with van der Waals surface area (Å²) >= 11 is 6.37. The molecule has 10 nitrogen and oxygen atoms in total. The van der Waals surface area contributed by atoms with Crippen LogP contribution in [0.2, 0.25) is 5.02 Å². The van der Waals surface area contributed by atoms with E-state index >= 15 is 0 Å². The number of anilines is 1. The number of carbonyl (C=O) groups is 2. The van der Waals surface area contributed by atoms with Crippen LogP contribution in [0.25, 0.3) is 0 Å². The molecule has 3 aromatic rings. The van der Waals surface area contributed by atoms with Gasteiger partial charge < -0.3 is 24.4 Å². The maximum Gasteiger partial charge on any atom is 0.265 e. The number of nitrogens with zero attached hydrogens (tertiary/aromatic N) is 2. The van der Waals surface area contributed by atoms with Crippen LogP contribution in [0.4, 0.5) is 5.69 Å². The summed E-state index contributed by atoms with van der Waals surface area (Å²) < 4.78 is 46.1. The number of benzene rings is 3. The number of rotatable bonds is 14. The third-order valence-electron chi connectivity index (χ3n) is 8.44. The molecule has 1 aliphatic carbocycles. The van der Waals surface area contributed by atoms with E-state index in [1.54, 1.807) is 6.07 Å². The number of hydrogen-bond donors (Lipinski definition) is 1. The quantitative estimate of drug-likeness (QED) is 0.217. The average Bonchev–Trinajstić information content (AvgIpc) is 3.07. The Morgan fingerprint density at radius 1 is 0.894 bits per heavy atom. The first kappa shape index (κ1) is 35.9. The molecule has 0 radical (unpaired) electrons. The third-order valence-corrected chi connectivity index (χ3v) is 10.4. The van der Waals surface area contributed by atoms with Gasteiger partial charge in [-0.05, 0) is 62.1 Å². The normalized spacial score (nSPS) is 14.2. The first-order chi connectivity index (χ1) is 22.5. The van der Waals surface area contributed by atoms with Gasteiger partial charge in [0.05, 0.1) is 31.9 Å². The van der Waals surface area contributed by atoms with Crippen molar-refractivity contribution in [3.05, 3.63) is 76.8 Å². The predicted octanol–water partition coefficient (Wildman–Crippen LogP) is 6.13. The van der Waals surface area contributed by atoms with Gasteiger partial charge in [0.2, 0.25) is 11.8 Å². The van der Waals surface area contributed by atoms with Crippen molar-refractivity contribution in [2.75, 3.05) is 32.2 Å². The molecule has 1 aliphatic rings. The predicted molar refractivity (Wildman–Crippen MR) is 183 cm³/mol. The summed E-state index contributed by atoms with van der Waals surface area (Å²) in [6.45, 7) is 3.28. The lowest BCUT2D eigenvalue weighted by Crippen LogP contribution is -2.54. The van der Waals surface area contributed by atoms with Crippen molar-refractivity contribution in [2.45, 2.75) is 75.9 Å². The van der Waals surface area contributed by atoms with Gasteiger partial charge in [-0.2, -0.15) is 0 Å². The second-order valence-electron chi connectivity index (χ2n) is 11.6. The van der Waals surface area contributed by atoms with Crippen LogP contribution >= 0.6 is 11.6 Å². The molecule has 0 heterocycles. The molecule has 1 N–H and O–H groups in total. The molecule has 254 valence electrons. The van der Waals surface area contributed by atoms with Crippen LogP contribution in [0, 0.1) is 6.92 Å². The number of hydrogen-bond acceptors (Lipinski definition) is 7. The number of aryl methyl sites for hydroxylation is 1. The second-order valence-corrected chi connectivity index (χ2v) is 13.9. The lowest BCUT2D eigenvalue weighted by molar-refractivity contribution is -0.140. The Balaban J connectivity index is 1.79. The number of amides is 2. The zero-order valence-corrected chi connectivity index (χ0v) is 29.2. The van der Waals surface area contributed by atoms with E-state index in [1.807, 2.05) is 38.1 Å². The van der Waals surface area contributed by atoms with E-state index in [9.17, 15) is 18.0 Å². The number of methoxy groups -OCH3 is 3. The highest BCUT2D eigenvalue weighted by atomic mass is 35.5. The Bertz CT molecular complexity index is 1640. The number of ether oxygens (including phenoxy) is 3. The van der Waals surface area contributed by atoms with Crippen molar-refractivity contribution in [1.82, 2.24) is 10.2 Å². The molecule has 1 atom stereocenters.